The van der Waals surface area contributed by atoms with Crippen molar-refractivity contribution in [3.63, 3.8) is 0 Å². The first-order valence-electron chi connectivity index (χ1n) is 9.26. The molecule has 0 N–H and O–H groups in total. The topological polar surface area (TPSA) is 100 Å². The molecule has 5 aromatic rings. The highest BCUT2D eigenvalue weighted by atomic mass is 32.1. The fourth-order valence-corrected chi connectivity index (χ4v) is 3.73. The highest BCUT2D eigenvalue weighted by Crippen LogP contribution is 2.24. The van der Waals surface area contributed by atoms with Crippen LogP contribution in [0.2, 0.25) is 0 Å². The van der Waals surface area contributed by atoms with Crippen molar-refractivity contribution in [2.45, 2.75) is 13.5 Å². The maximum absolute atomic E-state index is 12.8. The molecular weight excluding hydrogens is 404 g/mol. The Morgan fingerprint density at radius 3 is 2.97 bits per heavy atom. The van der Waals surface area contributed by atoms with Crippen molar-refractivity contribution >= 4 is 16.9 Å². The molecule has 1 aromatic carbocycles. The summed E-state index contributed by atoms with van der Waals surface area (Å²) in [6.45, 7) is 2.55. The van der Waals surface area contributed by atoms with E-state index in [2.05, 4.69) is 20.3 Å². The van der Waals surface area contributed by atoms with Gasteiger partial charge in [-0.15, -0.1) is 11.3 Å². The van der Waals surface area contributed by atoms with Crippen LogP contribution in [-0.2, 0) is 6.54 Å². The Balaban J connectivity index is 1.43. The second-order valence-corrected chi connectivity index (χ2v) is 7.35. The average Bonchev–Trinajstić information content (AvgIpc) is 3.51. The van der Waals surface area contributed by atoms with Crippen LogP contribution in [0.4, 0.5) is 0 Å². The lowest BCUT2D eigenvalue weighted by molar-refractivity contribution is 0.340. The lowest BCUT2D eigenvalue weighted by atomic mass is 10.2. The number of hydrogen-bond acceptors (Lipinski definition) is 8. The van der Waals surface area contributed by atoms with Gasteiger partial charge in [0, 0.05) is 5.56 Å². The maximum Gasteiger partial charge on any atom is 0.293 e. The first-order valence-corrected chi connectivity index (χ1v) is 10.1. The lowest BCUT2D eigenvalue weighted by Gasteiger charge is -2.03. The van der Waals surface area contributed by atoms with Crippen LogP contribution in [0.1, 0.15) is 12.8 Å². The van der Waals surface area contributed by atoms with Gasteiger partial charge in [0.25, 0.3) is 5.56 Å². The largest absolute Gasteiger partial charge is 0.494 e. The number of ether oxygens (including phenoxy) is 1. The minimum Gasteiger partial charge on any atom is -0.494 e. The van der Waals surface area contributed by atoms with Gasteiger partial charge < -0.3 is 9.26 Å². The zero-order valence-electron chi connectivity index (χ0n) is 15.9. The average molecular weight is 420 g/mol. The Hall–Kier alpha value is -3.79. The molecule has 0 atom stereocenters. The predicted octanol–water partition coefficient (Wildman–Crippen LogP) is 3.12. The van der Waals surface area contributed by atoms with E-state index >= 15 is 0 Å². The van der Waals surface area contributed by atoms with Gasteiger partial charge >= 0.3 is 0 Å². The van der Waals surface area contributed by atoms with Crippen LogP contribution < -0.4 is 10.3 Å². The molecule has 0 amide bonds. The van der Waals surface area contributed by atoms with Crippen molar-refractivity contribution in [3.8, 4) is 27.7 Å². The molecule has 9 nitrogen and oxygen atoms in total. The summed E-state index contributed by atoms with van der Waals surface area (Å²) in [5.74, 6) is 1.43. The van der Waals surface area contributed by atoms with E-state index in [0.29, 0.717) is 17.9 Å². The molecule has 0 saturated carbocycles. The number of benzene rings is 1. The molecule has 0 aliphatic heterocycles. The van der Waals surface area contributed by atoms with Crippen LogP contribution in [0.3, 0.4) is 0 Å². The van der Waals surface area contributed by atoms with Gasteiger partial charge in [-0.3, -0.25) is 4.79 Å². The third-order valence-corrected chi connectivity index (χ3v) is 5.31. The summed E-state index contributed by atoms with van der Waals surface area (Å²) in [4.78, 5) is 18.2. The van der Waals surface area contributed by atoms with E-state index in [1.54, 1.807) is 17.4 Å². The molecule has 4 aromatic heterocycles. The Morgan fingerprint density at radius 2 is 2.13 bits per heavy atom. The van der Waals surface area contributed by atoms with E-state index in [1.807, 2.05) is 48.7 Å². The number of fused-ring (bicyclic) bond motifs is 1. The van der Waals surface area contributed by atoms with Crippen molar-refractivity contribution < 1.29 is 9.26 Å². The Labute approximate surface area is 174 Å². The van der Waals surface area contributed by atoms with Crippen molar-refractivity contribution in [1.29, 1.82) is 0 Å². The molecule has 0 aliphatic carbocycles. The van der Waals surface area contributed by atoms with Gasteiger partial charge in [-0.25, -0.2) is 9.20 Å². The number of rotatable bonds is 6. The summed E-state index contributed by atoms with van der Waals surface area (Å²) in [7, 11) is 0. The first-order chi connectivity index (χ1) is 14.7. The van der Waals surface area contributed by atoms with Gasteiger partial charge in [-0.05, 0) is 36.6 Å². The predicted molar refractivity (Wildman–Crippen MR) is 111 cm³/mol. The highest BCUT2D eigenvalue weighted by Gasteiger charge is 2.14. The molecule has 0 saturated heterocycles. The molecule has 10 heteroatoms. The SMILES string of the molecule is CCOc1cccc(-c2noc(Cn3ncn4nc(-c5cccs5)cc4c3=O)n2)c1. The summed E-state index contributed by atoms with van der Waals surface area (Å²) >= 11 is 1.56. The van der Waals surface area contributed by atoms with Crippen molar-refractivity contribution in [2.24, 2.45) is 0 Å². The molecule has 0 fully saturated rings. The van der Waals surface area contributed by atoms with E-state index in [0.717, 1.165) is 21.9 Å². The summed E-state index contributed by atoms with van der Waals surface area (Å²) < 4.78 is 13.6. The zero-order chi connectivity index (χ0) is 20.5. The molecule has 150 valence electrons. The molecule has 0 unspecified atom stereocenters. The summed E-state index contributed by atoms with van der Waals surface area (Å²) in [6, 6.07) is 13.1. The van der Waals surface area contributed by atoms with Gasteiger partial charge in [-0.2, -0.15) is 15.2 Å². The molecule has 5 rings (SSSR count). The van der Waals surface area contributed by atoms with E-state index in [9.17, 15) is 4.79 Å². The van der Waals surface area contributed by atoms with E-state index in [1.165, 1.54) is 15.5 Å². The smallest absolute Gasteiger partial charge is 0.293 e. The van der Waals surface area contributed by atoms with Crippen LogP contribution in [0.15, 0.2) is 63.5 Å². The van der Waals surface area contributed by atoms with Crippen molar-refractivity contribution in [3.05, 3.63) is 70.4 Å². The number of nitrogens with zero attached hydrogens (tertiary/aromatic N) is 6. The molecule has 0 spiro atoms. The third kappa shape index (κ3) is 3.37. The minimum atomic E-state index is -0.286. The maximum atomic E-state index is 12.8. The summed E-state index contributed by atoms with van der Waals surface area (Å²) in [6.07, 6.45) is 1.50. The van der Waals surface area contributed by atoms with Crippen molar-refractivity contribution in [2.75, 3.05) is 6.61 Å². The van der Waals surface area contributed by atoms with E-state index in [-0.39, 0.29) is 18.0 Å². The Bertz CT molecular complexity index is 1370. The van der Waals surface area contributed by atoms with Crippen molar-refractivity contribution in [1.82, 2.24) is 29.5 Å². The fraction of sp³-hybridized carbons (Fsp3) is 0.150. The van der Waals surface area contributed by atoms with Crippen LogP contribution in [-0.4, -0.2) is 36.1 Å². The van der Waals surface area contributed by atoms with Gasteiger partial charge in [-0.1, -0.05) is 23.4 Å². The summed E-state index contributed by atoms with van der Waals surface area (Å²) in [5, 5.41) is 14.6. The molecule has 4 heterocycles. The number of hydrogen-bond donors (Lipinski definition) is 0. The highest BCUT2D eigenvalue weighted by molar-refractivity contribution is 7.13. The second-order valence-electron chi connectivity index (χ2n) is 6.40. The van der Waals surface area contributed by atoms with E-state index < -0.39 is 0 Å². The quantitative estimate of drug-likeness (QED) is 0.416. The molecule has 0 radical (unpaired) electrons. The van der Waals surface area contributed by atoms with Gasteiger partial charge in [0.05, 0.1) is 11.5 Å². The second kappa shape index (κ2) is 7.56. The number of aromatic nitrogens is 6. The van der Waals surface area contributed by atoms with Crippen LogP contribution in [0.5, 0.6) is 5.75 Å². The zero-order valence-corrected chi connectivity index (χ0v) is 16.7. The monoisotopic (exact) mass is 420 g/mol. The van der Waals surface area contributed by atoms with Gasteiger partial charge in [0.1, 0.15) is 29.8 Å². The lowest BCUT2D eigenvalue weighted by Crippen LogP contribution is -2.25. The standard InChI is InChI=1S/C20H16N6O3S/c1-2-28-14-6-3-5-13(9-14)19-22-18(29-24-19)11-25-20(27)16-10-15(17-7-4-8-30-17)23-26(16)12-21-25/h3-10,12H,2,11H2,1H3. The van der Waals surface area contributed by atoms with Gasteiger partial charge in [0.15, 0.2) is 0 Å². The molecular formula is C20H16N6O3S. The fourth-order valence-electron chi connectivity index (χ4n) is 3.05. The van der Waals surface area contributed by atoms with Crippen LogP contribution in [0, 0.1) is 0 Å². The normalized spacial score (nSPS) is 11.2. The Kier molecular flexibility index (Phi) is 4.60. The first kappa shape index (κ1) is 18.3. The van der Waals surface area contributed by atoms with E-state index in [4.69, 9.17) is 9.26 Å². The van der Waals surface area contributed by atoms with Crippen LogP contribution >= 0.6 is 11.3 Å². The Morgan fingerprint density at radius 1 is 1.20 bits per heavy atom. The number of thiophene rings is 1. The van der Waals surface area contributed by atoms with Crippen LogP contribution in [0.25, 0.3) is 27.5 Å². The third-order valence-electron chi connectivity index (χ3n) is 4.42. The summed E-state index contributed by atoms with van der Waals surface area (Å²) in [5.41, 5.74) is 1.64. The molecule has 0 aliphatic rings. The molecule has 30 heavy (non-hydrogen) atoms. The van der Waals surface area contributed by atoms with Gasteiger partial charge in [0.2, 0.25) is 11.7 Å². The molecule has 0 bridgehead atoms. The minimum absolute atomic E-state index is 0.0625.